The van der Waals surface area contributed by atoms with Crippen molar-refractivity contribution in [3.8, 4) is 5.75 Å². The molecule has 3 rings (SSSR count). The number of pyridine rings is 1. The smallest absolute Gasteiger partial charge is 0.332 e. The Morgan fingerprint density at radius 2 is 1.92 bits per heavy atom. The standard InChI is InChI=1S/C17H15FN4O4/c1-21-14-12(16(24)22(2)17(21)25)7-10(8-19-14)20-15(23)11-6-9(18)4-5-13(11)26-3/h4-8H,1-3H3,(H,20,23). The van der Waals surface area contributed by atoms with Crippen LogP contribution in [-0.2, 0) is 14.1 Å². The monoisotopic (exact) mass is 358 g/mol. The van der Waals surface area contributed by atoms with E-state index in [0.29, 0.717) is 0 Å². The SMILES string of the molecule is COc1ccc(F)cc1C(=O)Nc1cnc2c(c1)c(=O)n(C)c(=O)n2C. The van der Waals surface area contributed by atoms with Crippen molar-refractivity contribution >= 4 is 22.6 Å². The fourth-order valence-corrected chi connectivity index (χ4v) is 2.59. The van der Waals surface area contributed by atoms with Crippen LogP contribution in [0.2, 0.25) is 0 Å². The summed E-state index contributed by atoms with van der Waals surface area (Å²) in [5, 5.41) is 2.71. The van der Waals surface area contributed by atoms with Crippen molar-refractivity contribution in [2.24, 2.45) is 14.1 Å². The van der Waals surface area contributed by atoms with E-state index in [2.05, 4.69) is 10.3 Å². The third kappa shape index (κ3) is 2.83. The van der Waals surface area contributed by atoms with Crippen LogP contribution >= 0.6 is 0 Å². The van der Waals surface area contributed by atoms with Crippen molar-refractivity contribution in [2.75, 3.05) is 12.4 Å². The number of hydrogen-bond donors (Lipinski definition) is 1. The molecule has 0 unspecified atom stereocenters. The number of methoxy groups -OCH3 is 1. The molecular formula is C17H15FN4O4. The van der Waals surface area contributed by atoms with Crippen LogP contribution in [0.3, 0.4) is 0 Å². The van der Waals surface area contributed by atoms with Gasteiger partial charge in [0, 0.05) is 14.1 Å². The van der Waals surface area contributed by atoms with Gasteiger partial charge in [-0.3, -0.25) is 18.7 Å². The molecule has 8 nitrogen and oxygen atoms in total. The summed E-state index contributed by atoms with van der Waals surface area (Å²) in [6.07, 6.45) is 1.31. The molecule has 134 valence electrons. The van der Waals surface area contributed by atoms with Gasteiger partial charge in [0.25, 0.3) is 11.5 Å². The van der Waals surface area contributed by atoms with Gasteiger partial charge in [0.2, 0.25) is 0 Å². The number of carbonyl (C=O) groups is 1. The summed E-state index contributed by atoms with van der Waals surface area (Å²) >= 11 is 0. The first-order valence-electron chi connectivity index (χ1n) is 7.54. The highest BCUT2D eigenvalue weighted by atomic mass is 19.1. The largest absolute Gasteiger partial charge is 0.496 e. The fraction of sp³-hybridized carbons (Fsp3) is 0.176. The number of hydrogen-bond acceptors (Lipinski definition) is 5. The minimum Gasteiger partial charge on any atom is -0.496 e. The molecule has 3 aromatic rings. The molecule has 0 aliphatic rings. The average molecular weight is 358 g/mol. The lowest BCUT2D eigenvalue weighted by molar-refractivity contribution is 0.102. The van der Waals surface area contributed by atoms with Gasteiger partial charge >= 0.3 is 5.69 Å². The molecule has 0 saturated heterocycles. The molecule has 9 heteroatoms. The lowest BCUT2D eigenvalue weighted by Crippen LogP contribution is -2.37. The van der Waals surface area contributed by atoms with Crippen LogP contribution in [0.5, 0.6) is 5.75 Å². The van der Waals surface area contributed by atoms with Gasteiger partial charge in [-0.1, -0.05) is 0 Å². The molecule has 0 aliphatic heterocycles. The van der Waals surface area contributed by atoms with E-state index in [9.17, 15) is 18.8 Å². The summed E-state index contributed by atoms with van der Waals surface area (Å²) in [6, 6.07) is 4.98. The first kappa shape index (κ1) is 17.3. The number of rotatable bonds is 3. The number of amides is 1. The number of aryl methyl sites for hydroxylation is 1. The van der Waals surface area contributed by atoms with Crippen molar-refractivity contribution in [1.29, 1.82) is 0 Å². The molecule has 0 radical (unpaired) electrons. The zero-order chi connectivity index (χ0) is 19.0. The summed E-state index contributed by atoms with van der Waals surface area (Å²) in [5.41, 5.74) is -0.615. The quantitative estimate of drug-likeness (QED) is 0.755. The minimum atomic E-state index is -0.621. The van der Waals surface area contributed by atoms with Crippen molar-refractivity contribution < 1.29 is 13.9 Å². The van der Waals surface area contributed by atoms with Crippen molar-refractivity contribution in [2.45, 2.75) is 0 Å². The zero-order valence-corrected chi connectivity index (χ0v) is 14.2. The Bertz CT molecular complexity index is 1150. The molecule has 0 saturated carbocycles. The normalized spacial score (nSPS) is 10.8. The predicted octanol–water partition coefficient (Wildman–Crippen LogP) is 1.03. The maximum Gasteiger partial charge on any atom is 0.332 e. The van der Waals surface area contributed by atoms with E-state index >= 15 is 0 Å². The highest BCUT2D eigenvalue weighted by Gasteiger charge is 2.15. The molecule has 26 heavy (non-hydrogen) atoms. The van der Waals surface area contributed by atoms with Crippen LogP contribution < -0.4 is 21.3 Å². The number of halogens is 1. The number of nitrogens with zero attached hydrogens (tertiary/aromatic N) is 3. The van der Waals surface area contributed by atoms with Crippen molar-refractivity contribution in [3.05, 3.63) is 62.7 Å². The maximum atomic E-state index is 13.4. The summed E-state index contributed by atoms with van der Waals surface area (Å²) in [6.45, 7) is 0. The van der Waals surface area contributed by atoms with Crippen LogP contribution in [-0.4, -0.2) is 27.1 Å². The molecule has 1 N–H and O–H groups in total. The number of benzene rings is 1. The molecular weight excluding hydrogens is 343 g/mol. The zero-order valence-electron chi connectivity index (χ0n) is 14.2. The highest BCUT2D eigenvalue weighted by molar-refractivity contribution is 6.06. The van der Waals surface area contributed by atoms with Crippen LogP contribution in [0.25, 0.3) is 11.0 Å². The van der Waals surface area contributed by atoms with Gasteiger partial charge in [-0.2, -0.15) is 0 Å². The van der Waals surface area contributed by atoms with Gasteiger partial charge in [0.05, 0.1) is 29.9 Å². The number of fused-ring (bicyclic) bond motifs is 1. The average Bonchev–Trinajstić information content (AvgIpc) is 2.64. The molecule has 1 amide bonds. The third-order valence-electron chi connectivity index (χ3n) is 3.96. The molecule has 1 aromatic carbocycles. The Hall–Kier alpha value is -3.49. The molecule has 0 aliphatic carbocycles. The van der Waals surface area contributed by atoms with Gasteiger partial charge in [0.1, 0.15) is 17.2 Å². The van der Waals surface area contributed by atoms with Crippen LogP contribution in [0.15, 0.2) is 40.1 Å². The summed E-state index contributed by atoms with van der Waals surface area (Å²) in [4.78, 5) is 40.7. The predicted molar refractivity (Wildman–Crippen MR) is 93.1 cm³/mol. The summed E-state index contributed by atoms with van der Waals surface area (Å²) in [7, 11) is 4.21. The first-order chi connectivity index (χ1) is 12.3. The molecule has 0 bridgehead atoms. The number of aromatic nitrogens is 3. The molecule has 2 heterocycles. The second-order valence-electron chi connectivity index (χ2n) is 5.60. The Morgan fingerprint density at radius 1 is 1.19 bits per heavy atom. The van der Waals surface area contributed by atoms with Crippen molar-refractivity contribution in [1.82, 2.24) is 14.1 Å². The van der Waals surface area contributed by atoms with Gasteiger partial charge in [-0.15, -0.1) is 0 Å². The van der Waals surface area contributed by atoms with Crippen LogP contribution in [0, 0.1) is 5.82 Å². The number of carbonyl (C=O) groups excluding carboxylic acids is 1. The number of anilines is 1. The molecule has 2 aromatic heterocycles. The topological polar surface area (TPSA) is 95.2 Å². The maximum absolute atomic E-state index is 13.4. The van der Waals surface area contributed by atoms with Crippen LogP contribution in [0.1, 0.15) is 10.4 Å². The van der Waals surface area contributed by atoms with Crippen LogP contribution in [0.4, 0.5) is 10.1 Å². The highest BCUT2D eigenvalue weighted by Crippen LogP contribution is 2.21. The third-order valence-corrected chi connectivity index (χ3v) is 3.96. The lowest BCUT2D eigenvalue weighted by Gasteiger charge is -2.11. The van der Waals surface area contributed by atoms with Crippen molar-refractivity contribution in [3.63, 3.8) is 0 Å². The molecule has 0 atom stereocenters. The van der Waals surface area contributed by atoms with E-state index in [0.717, 1.165) is 10.6 Å². The second kappa shape index (κ2) is 6.43. The van der Waals surface area contributed by atoms with E-state index in [1.807, 2.05) is 0 Å². The summed E-state index contributed by atoms with van der Waals surface area (Å²) < 4.78 is 20.7. The van der Waals surface area contributed by atoms with E-state index < -0.39 is 23.0 Å². The van der Waals surface area contributed by atoms with Gasteiger partial charge in [-0.25, -0.2) is 14.2 Å². The van der Waals surface area contributed by atoms with Gasteiger partial charge in [0.15, 0.2) is 0 Å². The molecule has 0 spiro atoms. The Kier molecular flexibility index (Phi) is 4.29. The summed E-state index contributed by atoms with van der Waals surface area (Å²) in [5.74, 6) is -1.00. The lowest BCUT2D eigenvalue weighted by atomic mass is 10.1. The van der Waals surface area contributed by atoms with Gasteiger partial charge < -0.3 is 10.1 Å². The Balaban J connectivity index is 2.05. The first-order valence-corrected chi connectivity index (χ1v) is 7.54. The Labute approximate surface area is 146 Å². The van der Waals surface area contributed by atoms with Gasteiger partial charge in [-0.05, 0) is 24.3 Å². The van der Waals surface area contributed by atoms with E-state index in [4.69, 9.17) is 4.74 Å². The number of nitrogens with one attached hydrogen (secondary N) is 1. The van der Waals surface area contributed by atoms with E-state index in [-0.39, 0.29) is 28.0 Å². The number of ether oxygens (including phenoxy) is 1. The Morgan fingerprint density at radius 3 is 2.62 bits per heavy atom. The van der Waals surface area contributed by atoms with E-state index in [1.165, 1.54) is 50.2 Å². The fourth-order valence-electron chi connectivity index (χ4n) is 2.59. The van der Waals surface area contributed by atoms with E-state index in [1.54, 1.807) is 0 Å². The molecule has 0 fully saturated rings. The minimum absolute atomic E-state index is 0.000890. The second-order valence-corrected chi connectivity index (χ2v) is 5.60.